The van der Waals surface area contributed by atoms with Gasteiger partial charge in [0.2, 0.25) is 5.36 Å². The lowest BCUT2D eigenvalue weighted by Crippen LogP contribution is -2.26. The number of hydrogen-bond acceptors (Lipinski definition) is 10. The van der Waals surface area contributed by atoms with E-state index in [-0.39, 0.29) is 70.0 Å². The van der Waals surface area contributed by atoms with Gasteiger partial charge in [-0.2, -0.15) is 0 Å². The van der Waals surface area contributed by atoms with E-state index in [2.05, 4.69) is 10.6 Å². The molecular weight excluding hydrogens is 957 g/mol. The van der Waals surface area contributed by atoms with Gasteiger partial charge in [-0.1, -0.05) is 37.8 Å². The molecule has 0 unspecified atom stereocenters. The number of hydrogen-bond donors (Lipinski definition) is 6. The molecule has 0 spiro atoms. The highest BCUT2D eigenvalue weighted by atomic mass is 16.4. The van der Waals surface area contributed by atoms with Gasteiger partial charge in [0.25, 0.3) is 11.8 Å². The number of carboxylic acid groups (broad SMARTS) is 3. The van der Waals surface area contributed by atoms with E-state index in [1.165, 1.54) is 48.5 Å². The molecule has 2 aliphatic heterocycles. The predicted molar refractivity (Wildman–Crippen MR) is 287 cm³/mol. The van der Waals surface area contributed by atoms with Crippen molar-refractivity contribution in [3.05, 3.63) is 188 Å². The van der Waals surface area contributed by atoms with Gasteiger partial charge in [-0.15, -0.1) is 0 Å². The standard InChI is InChI=1S/C58H42N4O12.CH4/c1-61(2)33-11-17-39-48(25-33)73-49-26-34(62(3)4)12-18-40(49)51(39)37-15-9-31(23-43(37)57(69)70)55(66)60-46-7-5-6-29-22-30(8-14-36(29)46)54(65)59-28-45-47(64)21-20-42-52(41-19-13-35(63)27-50(41)74-53(42)45)38-16-10-32(56(67)68)24-44(38)58(71)72;/h5-27H,28H2,1-4H3,(H5-,59,60,63,64,65,66,67,68,69,70,71,72);1H4/p+1. The fourth-order valence-corrected chi connectivity index (χ4v) is 9.30. The number of amides is 2. The van der Waals surface area contributed by atoms with Crippen molar-refractivity contribution in [1.82, 2.24) is 9.89 Å². The number of aromatic carboxylic acids is 3. The largest absolute Gasteiger partial charge is 0.508 e. The molecule has 0 atom stereocenters. The first-order valence-electron chi connectivity index (χ1n) is 23.0. The summed E-state index contributed by atoms with van der Waals surface area (Å²) in [5, 5.41) is 49.6. The third kappa shape index (κ3) is 9.12. The Kier molecular flexibility index (Phi) is 13.0. The van der Waals surface area contributed by atoms with Crippen LogP contribution in [0.5, 0.6) is 5.75 Å². The zero-order chi connectivity index (χ0) is 52.3. The van der Waals surface area contributed by atoms with Crippen LogP contribution in [-0.2, 0) is 6.54 Å². The third-order valence-corrected chi connectivity index (χ3v) is 13.0. The molecule has 0 radical (unpaired) electrons. The first-order valence-corrected chi connectivity index (χ1v) is 23.0. The van der Waals surface area contributed by atoms with Crippen molar-refractivity contribution < 1.29 is 53.2 Å². The predicted octanol–water partition coefficient (Wildman–Crippen LogP) is 9.95. The van der Waals surface area contributed by atoms with Crippen LogP contribution in [0.2, 0.25) is 0 Å². The van der Waals surface area contributed by atoms with Crippen molar-refractivity contribution in [2.24, 2.45) is 0 Å². The van der Waals surface area contributed by atoms with Crippen LogP contribution in [0.15, 0.2) is 153 Å². The number of carbonyl (C=O) groups is 5. The fourth-order valence-electron chi connectivity index (χ4n) is 9.30. The van der Waals surface area contributed by atoms with Crippen LogP contribution in [0.4, 0.5) is 11.4 Å². The van der Waals surface area contributed by atoms with Gasteiger partial charge in [0, 0.05) is 93.2 Å². The Hall–Kier alpha value is -10.1. The maximum absolute atomic E-state index is 14.0. The highest BCUT2D eigenvalue weighted by molar-refractivity contribution is 6.14. The fraction of sp³-hybridized carbons (Fsp3) is 0.102. The summed E-state index contributed by atoms with van der Waals surface area (Å²) >= 11 is 0. The van der Waals surface area contributed by atoms with Crippen molar-refractivity contribution in [2.75, 3.05) is 38.4 Å². The van der Waals surface area contributed by atoms with Crippen molar-refractivity contribution in [2.45, 2.75) is 14.0 Å². The van der Waals surface area contributed by atoms with Gasteiger partial charge in [0.05, 0.1) is 34.9 Å². The molecule has 0 fully saturated rings. The molecule has 2 amide bonds. The van der Waals surface area contributed by atoms with Crippen LogP contribution in [-0.4, -0.2) is 78.3 Å². The number of benzene rings is 8. The van der Waals surface area contributed by atoms with E-state index < -0.39 is 35.2 Å². The Morgan fingerprint density at radius 3 is 1.87 bits per heavy atom. The first-order chi connectivity index (χ1) is 35.4. The monoisotopic (exact) mass is 1000 g/mol. The summed E-state index contributed by atoms with van der Waals surface area (Å²) in [4.78, 5) is 80.7. The molecule has 75 heavy (non-hydrogen) atoms. The van der Waals surface area contributed by atoms with E-state index in [0.717, 1.165) is 17.1 Å². The number of carboxylic acids is 3. The number of phenols is 1. The van der Waals surface area contributed by atoms with E-state index in [1.54, 1.807) is 48.5 Å². The first kappa shape index (κ1) is 49.9. The van der Waals surface area contributed by atoms with Crippen molar-refractivity contribution in [3.63, 3.8) is 0 Å². The van der Waals surface area contributed by atoms with Gasteiger partial charge in [-0.3, -0.25) is 14.4 Å². The number of fused-ring (bicyclic) bond motifs is 5. The van der Waals surface area contributed by atoms with E-state index >= 15 is 0 Å². The molecule has 374 valence electrons. The van der Waals surface area contributed by atoms with E-state index in [4.69, 9.17) is 8.83 Å². The minimum atomic E-state index is -1.40. The van der Waals surface area contributed by atoms with E-state index in [9.17, 15) is 49.2 Å². The average Bonchev–Trinajstić information content (AvgIpc) is 3.38. The molecule has 0 aromatic heterocycles. The Bertz CT molecular complexity index is 4130. The van der Waals surface area contributed by atoms with Crippen LogP contribution in [0.3, 0.4) is 0 Å². The second-order valence-corrected chi connectivity index (χ2v) is 18.0. The zero-order valence-electron chi connectivity index (χ0n) is 39.9. The topological polar surface area (TPSA) is 240 Å². The second kappa shape index (κ2) is 19.5. The second-order valence-electron chi connectivity index (χ2n) is 18.0. The van der Waals surface area contributed by atoms with E-state index in [0.29, 0.717) is 66.4 Å². The Labute approximate surface area is 427 Å². The third-order valence-electron chi connectivity index (χ3n) is 13.0. The Morgan fingerprint density at radius 2 is 1.19 bits per heavy atom. The molecule has 16 heteroatoms. The number of nitrogens with one attached hydrogen (secondary N) is 2. The van der Waals surface area contributed by atoms with Crippen LogP contribution in [0, 0.1) is 0 Å². The summed E-state index contributed by atoms with van der Waals surface area (Å²) in [7, 11) is 7.66. The van der Waals surface area contributed by atoms with Gasteiger partial charge in [0.1, 0.15) is 42.5 Å². The number of phenolic OH excluding ortho intramolecular Hbond substituents is 1. The van der Waals surface area contributed by atoms with Crippen molar-refractivity contribution >= 4 is 73.8 Å². The quantitative estimate of drug-likeness (QED) is 0.0523. The van der Waals surface area contributed by atoms with Crippen LogP contribution < -0.4 is 30.9 Å². The summed E-state index contributed by atoms with van der Waals surface area (Å²) in [6, 6.07) is 36.5. The SMILES string of the molecule is C.CN(C)c1ccc2c(-c3ccc(C(=O)Nc4cccc5cc(C(=O)NCc6c7oc8cc(O)ccc8c(-c8ccc(C(=O)O)cc8C(=O)O)c-7ccc6=O)ccc45)cc3C(=O)O)c3ccc(=[N+](C)C)cc-3oc2c1. The summed E-state index contributed by atoms with van der Waals surface area (Å²) in [6.45, 7) is -0.335. The van der Waals surface area contributed by atoms with Crippen LogP contribution in [0.1, 0.15) is 64.8 Å². The summed E-state index contributed by atoms with van der Waals surface area (Å²) in [5.41, 5.74) is 3.49. The molecule has 0 bridgehead atoms. The summed E-state index contributed by atoms with van der Waals surface area (Å²) in [5.74, 6) is -4.73. The van der Waals surface area contributed by atoms with Gasteiger partial charge in [-0.25, -0.2) is 19.0 Å². The minimum Gasteiger partial charge on any atom is -0.508 e. The number of rotatable bonds is 11. The maximum atomic E-state index is 14.0. The van der Waals surface area contributed by atoms with Crippen molar-refractivity contribution in [3.8, 4) is 50.7 Å². The molecule has 0 saturated heterocycles. The highest BCUT2D eigenvalue weighted by Gasteiger charge is 2.28. The Morgan fingerprint density at radius 1 is 0.587 bits per heavy atom. The highest BCUT2D eigenvalue weighted by Crippen LogP contribution is 2.45. The van der Waals surface area contributed by atoms with Gasteiger partial charge < -0.3 is 44.8 Å². The van der Waals surface area contributed by atoms with E-state index in [1.807, 2.05) is 74.1 Å². The van der Waals surface area contributed by atoms with Gasteiger partial charge in [-0.05, 0) is 101 Å². The molecule has 16 nitrogen and oxygen atoms in total. The minimum absolute atomic E-state index is 0. The summed E-state index contributed by atoms with van der Waals surface area (Å²) < 4.78 is 14.6. The number of aromatic hydroxyl groups is 1. The molecule has 10 rings (SSSR count). The average molecular weight is 1000 g/mol. The van der Waals surface area contributed by atoms with Crippen molar-refractivity contribution in [1.29, 1.82) is 0 Å². The number of anilines is 2. The van der Waals surface area contributed by atoms with Gasteiger partial charge >= 0.3 is 17.9 Å². The maximum Gasteiger partial charge on any atom is 0.336 e. The number of carbonyl (C=O) groups excluding carboxylic acids is 2. The van der Waals surface area contributed by atoms with Crippen LogP contribution >= 0.6 is 0 Å². The molecule has 6 aromatic rings. The molecule has 6 N–H and O–H groups in total. The lowest BCUT2D eigenvalue weighted by molar-refractivity contribution is 0.0682. The molecule has 2 heterocycles. The molecular formula is C59H47N4O12+. The Balaban J connectivity index is 0.00000689. The zero-order valence-corrected chi connectivity index (χ0v) is 39.9. The normalized spacial score (nSPS) is 11.1. The lowest BCUT2D eigenvalue weighted by atomic mass is 9.88. The lowest BCUT2D eigenvalue weighted by Gasteiger charge is -2.19. The molecule has 0 saturated carbocycles. The molecule has 2 aliphatic carbocycles. The molecule has 4 aliphatic rings. The van der Waals surface area contributed by atoms with Gasteiger partial charge in [0.15, 0.2) is 5.43 Å². The summed E-state index contributed by atoms with van der Waals surface area (Å²) in [6.07, 6.45) is 0. The number of nitrogens with zero attached hydrogens (tertiary/aromatic N) is 2. The molecule has 6 aromatic carbocycles. The van der Waals surface area contributed by atoms with Crippen LogP contribution in [0.25, 0.3) is 77.6 Å². The smallest absolute Gasteiger partial charge is 0.336 e.